The second-order valence-corrected chi connectivity index (χ2v) is 5.34. The van der Waals surface area contributed by atoms with E-state index in [-0.39, 0.29) is 0 Å². The molecule has 1 amide bonds. The molecule has 0 saturated carbocycles. The molecule has 1 aliphatic heterocycles. The lowest BCUT2D eigenvalue weighted by molar-refractivity contribution is -0.0231. The van der Waals surface area contributed by atoms with Crippen LogP contribution in [0.2, 0.25) is 0 Å². The molecule has 1 heterocycles. The lowest BCUT2D eigenvalue weighted by Crippen LogP contribution is -2.25. The zero-order valence-electron chi connectivity index (χ0n) is 8.38. The van der Waals surface area contributed by atoms with E-state index in [1.54, 1.807) is 0 Å². The predicted octanol–water partition coefficient (Wildman–Crippen LogP) is 2.16. The van der Waals surface area contributed by atoms with Crippen LogP contribution in [0.1, 0.15) is 11.1 Å². The van der Waals surface area contributed by atoms with Crippen LogP contribution in [0.15, 0.2) is 24.3 Å². The lowest BCUT2D eigenvalue weighted by atomic mass is 10.1. The Morgan fingerprint density at radius 2 is 1.93 bits per heavy atom. The van der Waals surface area contributed by atoms with Crippen LogP contribution in [-0.4, -0.2) is 22.8 Å². The van der Waals surface area contributed by atoms with Gasteiger partial charge in [-0.2, -0.15) is 0 Å². The van der Waals surface area contributed by atoms with E-state index < -0.39 is 17.2 Å². The van der Waals surface area contributed by atoms with Gasteiger partial charge in [-0.05, 0) is 11.1 Å². The summed E-state index contributed by atoms with van der Waals surface area (Å²) in [5.74, 6) is 1.59. The van der Waals surface area contributed by atoms with E-state index in [9.17, 15) is 4.79 Å². The average molecular weight is 227 g/mol. The Labute approximate surface area is 90.9 Å². The van der Waals surface area contributed by atoms with E-state index in [0.29, 0.717) is 0 Å². The molecule has 0 unspecified atom stereocenters. The maximum Gasteiger partial charge on any atom is 0.440 e. The Hall–Kier alpha value is -1.20. The first-order valence-electron chi connectivity index (χ1n) is 4.61. The molecule has 0 saturated heterocycles. The molecule has 1 aromatic rings. The predicted molar refractivity (Wildman–Crippen MR) is 59.7 cm³/mol. The van der Waals surface area contributed by atoms with E-state index in [2.05, 4.69) is 0 Å². The standard InChI is InChI=1S/C10H13NO3S/c1-14-11(10(12)13)15-6-8-4-2-3-5-9(8)7-15/h2-5,15H,6-7H2,1H3,(H,12,13). The molecule has 0 radical (unpaired) electrons. The average Bonchev–Trinajstić information content (AvgIpc) is 2.61. The van der Waals surface area contributed by atoms with Crippen molar-refractivity contribution in [1.82, 2.24) is 4.47 Å². The van der Waals surface area contributed by atoms with E-state index in [1.165, 1.54) is 18.2 Å². The Kier molecular flexibility index (Phi) is 2.83. The summed E-state index contributed by atoms with van der Waals surface area (Å²) in [4.78, 5) is 15.8. The molecule has 1 N–H and O–H groups in total. The van der Waals surface area contributed by atoms with Gasteiger partial charge in [0.1, 0.15) is 0 Å². The monoisotopic (exact) mass is 227 g/mol. The van der Waals surface area contributed by atoms with Crippen molar-refractivity contribution >= 4 is 17.2 Å². The van der Waals surface area contributed by atoms with Crippen LogP contribution in [-0.2, 0) is 16.3 Å². The van der Waals surface area contributed by atoms with Crippen LogP contribution in [0.25, 0.3) is 0 Å². The first-order chi connectivity index (χ1) is 7.22. The van der Waals surface area contributed by atoms with Crippen molar-refractivity contribution in [3.63, 3.8) is 0 Å². The fourth-order valence-corrected chi connectivity index (χ4v) is 4.00. The molecule has 1 aliphatic rings. The SMILES string of the molecule is CON(C(=O)O)[SH]1Cc2ccccc2C1. The summed E-state index contributed by atoms with van der Waals surface area (Å²) in [5.41, 5.74) is 2.49. The van der Waals surface area contributed by atoms with Gasteiger partial charge in [-0.3, -0.25) is 4.84 Å². The largest absolute Gasteiger partial charge is 0.463 e. The highest BCUT2D eigenvalue weighted by molar-refractivity contribution is 8.14. The lowest BCUT2D eigenvalue weighted by Gasteiger charge is -2.25. The van der Waals surface area contributed by atoms with Crippen LogP contribution in [0, 0.1) is 0 Å². The molecular weight excluding hydrogens is 214 g/mol. The third-order valence-electron chi connectivity index (χ3n) is 2.42. The number of amides is 1. The second-order valence-electron chi connectivity index (χ2n) is 3.33. The number of fused-ring (bicyclic) bond motifs is 1. The minimum absolute atomic E-state index is 0.763. The fraction of sp³-hybridized carbons (Fsp3) is 0.300. The number of thiol groups is 1. The maximum atomic E-state index is 10.9. The molecule has 1 aromatic carbocycles. The Morgan fingerprint density at radius 3 is 2.33 bits per heavy atom. The Bertz CT molecular complexity index is 358. The number of hydrogen-bond acceptors (Lipinski definition) is 2. The number of hydroxylamine groups is 1. The van der Waals surface area contributed by atoms with E-state index >= 15 is 0 Å². The number of nitrogens with zero attached hydrogens (tertiary/aromatic N) is 1. The van der Waals surface area contributed by atoms with Crippen molar-refractivity contribution < 1.29 is 14.7 Å². The summed E-state index contributed by atoms with van der Waals surface area (Å²) in [6, 6.07) is 8.06. The van der Waals surface area contributed by atoms with Crippen molar-refractivity contribution in [3.05, 3.63) is 35.4 Å². The van der Waals surface area contributed by atoms with Crippen LogP contribution in [0.4, 0.5) is 4.79 Å². The summed E-state index contributed by atoms with van der Waals surface area (Å²) in [7, 11) is 1.40. The molecule has 0 aromatic heterocycles. The minimum atomic E-state index is -1.00. The highest BCUT2D eigenvalue weighted by Crippen LogP contribution is 2.45. The molecule has 0 aliphatic carbocycles. The third kappa shape index (κ3) is 1.93. The Balaban J connectivity index is 2.15. The molecule has 0 bridgehead atoms. The van der Waals surface area contributed by atoms with Gasteiger partial charge in [-0.1, -0.05) is 24.3 Å². The Morgan fingerprint density at radius 1 is 1.40 bits per heavy atom. The van der Waals surface area contributed by atoms with Gasteiger partial charge < -0.3 is 5.11 Å². The molecule has 15 heavy (non-hydrogen) atoms. The zero-order valence-corrected chi connectivity index (χ0v) is 9.28. The molecule has 5 heteroatoms. The van der Waals surface area contributed by atoms with Gasteiger partial charge in [0.05, 0.1) is 7.11 Å². The fourth-order valence-electron chi connectivity index (χ4n) is 1.76. The zero-order chi connectivity index (χ0) is 10.8. The maximum absolute atomic E-state index is 10.9. The summed E-state index contributed by atoms with van der Waals surface area (Å²) >= 11 is -0.763. The number of rotatable bonds is 2. The molecular formula is C10H13NO3S. The van der Waals surface area contributed by atoms with Crippen LogP contribution >= 0.6 is 11.1 Å². The van der Waals surface area contributed by atoms with Gasteiger partial charge in [-0.25, -0.2) is 4.79 Å². The van der Waals surface area contributed by atoms with E-state index in [1.807, 2.05) is 24.3 Å². The molecule has 2 rings (SSSR count). The highest BCUT2D eigenvalue weighted by Gasteiger charge is 2.26. The van der Waals surface area contributed by atoms with Gasteiger partial charge in [0.15, 0.2) is 0 Å². The molecule has 0 spiro atoms. The van der Waals surface area contributed by atoms with Gasteiger partial charge >= 0.3 is 6.09 Å². The normalized spacial score (nSPS) is 16.2. The van der Waals surface area contributed by atoms with Crippen molar-refractivity contribution in [2.45, 2.75) is 11.5 Å². The van der Waals surface area contributed by atoms with Crippen molar-refractivity contribution in [1.29, 1.82) is 0 Å². The number of benzene rings is 1. The third-order valence-corrected chi connectivity index (χ3v) is 4.68. The van der Waals surface area contributed by atoms with Crippen LogP contribution < -0.4 is 0 Å². The summed E-state index contributed by atoms with van der Waals surface area (Å²) in [5, 5.41) is 8.93. The van der Waals surface area contributed by atoms with Crippen LogP contribution in [0.3, 0.4) is 0 Å². The topological polar surface area (TPSA) is 49.8 Å². The van der Waals surface area contributed by atoms with E-state index in [0.717, 1.165) is 16.0 Å². The summed E-state index contributed by atoms with van der Waals surface area (Å²) in [6.45, 7) is 0. The first-order valence-corrected chi connectivity index (χ1v) is 6.27. The molecule has 0 fully saturated rings. The molecule has 82 valence electrons. The van der Waals surface area contributed by atoms with Gasteiger partial charge in [0.25, 0.3) is 0 Å². The molecule has 0 atom stereocenters. The van der Waals surface area contributed by atoms with Crippen molar-refractivity contribution in [2.75, 3.05) is 7.11 Å². The summed E-state index contributed by atoms with van der Waals surface area (Å²) < 4.78 is 1.09. The van der Waals surface area contributed by atoms with E-state index in [4.69, 9.17) is 9.94 Å². The second kappa shape index (κ2) is 4.12. The minimum Gasteiger partial charge on any atom is -0.463 e. The molecule has 4 nitrogen and oxygen atoms in total. The quantitative estimate of drug-likeness (QED) is 0.601. The smallest absolute Gasteiger partial charge is 0.440 e. The van der Waals surface area contributed by atoms with Gasteiger partial charge in [0, 0.05) is 11.5 Å². The van der Waals surface area contributed by atoms with Gasteiger partial charge in [0.2, 0.25) is 0 Å². The van der Waals surface area contributed by atoms with Crippen LogP contribution in [0.5, 0.6) is 0 Å². The van der Waals surface area contributed by atoms with Crippen molar-refractivity contribution in [3.8, 4) is 0 Å². The number of hydrogen-bond donors (Lipinski definition) is 2. The number of carboxylic acid groups (broad SMARTS) is 1. The van der Waals surface area contributed by atoms with Crippen molar-refractivity contribution in [2.24, 2.45) is 0 Å². The highest BCUT2D eigenvalue weighted by atomic mass is 32.2. The first kappa shape index (κ1) is 10.3. The summed E-state index contributed by atoms with van der Waals surface area (Å²) in [6.07, 6.45) is -1.00. The van der Waals surface area contributed by atoms with Gasteiger partial charge in [-0.15, -0.1) is 15.5 Å². The number of carbonyl (C=O) groups is 1.